The Hall–Kier alpha value is -2.27. The lowest BCUT2D eigenvalue weighted by molar-refractivity contribution is -0.384. The maximum Gasteiger partial charge on any atom is 0.270 e. The molecule has 0 saturated heterocycles. The fourth-order valence-electron chi connectivity index (χ4n) is 1.75. The first kappa shape index (κ1) is 14.1. The van der Waals surface area contributed by atoms with Crippen LogP contribution < -0.4 is 0 Å². The summed E-state index contributed by atoms with van der Waals surface area (Å²) in [5.74, 6) is -0.993. The number of ketones is 1. The second-order valence-electron chi connectivity index (χ2n) is 4.22. The highest BCUT2D eigenvalue weighted by Gasteiger charge is 2.17. The van der Waals surface area contributed by atoms with Gasteiger partial charge >= 0.3 is 0 Å². The second-order valence-corrected chi connectivity index (χ2v) is 4.63. The highest BCUT2D eigenvalue weighted by Crippen LogP contribution is 2.24. The predicted octanol–water partition coefficient (Wildman–Crippen LogP) is 3.93. The van der Waals surface area contributed by atoms with Gasteiger partial charge in [0.2, 0.25) is 0 Å². The van der Waals surface area contributed by atoms with Crippen molar-refractivity contribution in [2.75, 3.05) is 0 Å². The third-order valence-corrected chi connectivity index (χ3v) is 3.12. The second kappa shape index (κ2) is 5.38. The molecule has 0 heterocycles. The minimum atomic E-state index is -0.589. The van der Waals surface area contributed by atoms with E-state index >= 15 is 0 Å². The van der Waals surface area contributed by atoms with Crippen LogP contribution in [0.15, 0.2) is 36.4 Å². The Morgan fingerprint density at radius 1 is 1.30 bits per heavy atom. The van der Waals surface area contributed by atoms with Crippen molar-refractivity contribution in [1.82, 2.24) is 0 Å². The lowest BCUT2D eigenvalue weighted by Crippen LogP contribution is -2.04. The van der Waals surface area contributed by atoms with Crippen molar-refractivity contribution >= 4 is 23.1 Å². The van der Waals surface area contributed by atoms with Gasteiger partial charge in [-0.2, -0.15) is 0 Å². The topological polar surface area (TPSA) is 60.2 Å². The van der Waals surface area contributed by atoms with Gasteiger partial charge in [-0.3, -0.25) is 14.9 Å². The molecule has 0 radical (unpaired) electrons. The van der Waals surface area contributed by atoms with Crippen LogP contribution in [-0.2, 0) is 0 Å². The first-order valence-corrected chi connectivity index (χ1v) is 6.02. The Bertz CT molecular complexity index is 716. The number of carbonyl (C=O) groups is 1. The van der Waals surface area contributed by atoms with Crippen LogP contribution in [0, 0.1) is 22.9 Å². The summed E-state index contributed by atoms with van der Waals surface area (Å²) >= 11 is 5.85. The molecule has 0 aromatic heterocycles. The number of benzene rings is 2. The number of nitrogens with zero attached hydrogens (tertiary/aromatic N) is 1. The van der Waals surface area contributed by atoms with Gasteiger partial charge in [0, 0.05) is 23.3 Å². The zero-order valence-electron chi connectivity index (χ0n) is 10.4. The zero-order chi connectivity index (χ0) is 14.9. The zero-order valence-corrected chi connectivity index (χ0v) is 11.1. The van der Waals surface area contributed by atoms with Gasteiger partial charge in [-0.25, -0.2) is 4.39 Å². The number of halogens is 2. The van der Waals surface area contributed by atoms with Crippen LogP contribution in [0.5, 0.6) is 0 Å². The van der Waals surface area contributed by atoms with E-state index in [-0.39, 0.29) is 27.4 Å². The van der Waals surface area contributed by atoms with E-state index in [1.807, 2.05) is 0 Å². The molecule has 102 valence electrons. The number of non-ortho nitro benzene ring substituents is 1. The lowest BCUT2D eigenvalue weighted by atomic mass is 10.0. The summed E-state index contributed by atoms with van der Waals surface area (Å²) < 4.78 is 13.3. The van der Waals surface area contributed by atoms with Crippen LogP contribution in [0.2, 0.25) is 5.02 Å². The van der Waals surface area contributed by atoms with Gasteiger partial charge in [0.15, 0.2) is 5.78 Å². The van der Waals surface area contributed by atoms with Crippen LogP contribution in [0.4, 0.5) is 10.1 Å². The molecule has 0 spiro atoms. The highest BCUT2D eigenvalue weighted by molar-refractivity contribution is 6.35. The van der Waals surface area contributed by atoms with Gasteiger partial charge in [0.25, 0.3) is 5.69 Å². The highest BCUT2D eigenvalue weighted by atomic mass is 35.5. The molecule has 0 aliphatic heterocycles. The number of rotatable bonds is 3. The molecule has 0 saturated carbocycles. The molecular weight excluding hydrogens is 285 g/mol. The molecule has 0 unspecified atom stereocenters. The number of aryl methyl sites for hydroxylation is 1. The fraction of sp³-hybridized carbons (Fsp3) is 0.0714. The van der Waals surface area contributed by atoms with Gasteiger partial charge in [-0.15, -0.1) is 0 Å². The van der Waals surface area contributed by atoms with E-state index in [4.69, 9.17) is 11.6 Å². The Labute approximate surface area is 119 Å². The van der Waals surface area contributed by atoms with E-state index < -0.39 is 16.5 Å². The average Bonchev–Trinajstić information content (AvgIpc) is 2.42. The van der Waals surface area contributed by atoms with Crippen molar-refractivity contribution in [3.05, 3.63) is 74.0 Å². The standard InChI is InChI=1S/C14H9ClFNO3/c1-8-5-11(12(15)7-13(8)16)14(18)9-3-2-4-10(6-9)17(19)20/h2-7H,1H3. The largest absolute Gasteiger partial charge is 0.289 e. The van der Waals surface area contributed by atoms with Crippen molar-refractivity contribution in [3.8, 4) is 0 Å². The molecule has 0 bridgehead atoms. The SMILES string of the molecule is Cc1cc(C(=O)c2cccc([N+](=O)[O-])c2)c(Cl)cc1F. The van der Waals surface area contributed by atoms with Gasteiger partial charge in [-0.1, -0.05) is 23.7 Å². The minimum Gasteiger partial charge on any atom is -0.289 e. The van der Waals surface area contributed by atoms with Crippen LogP contribution in [0.1, 0.15) is 21.5 Å². The Morgan fingerprint density at radius 3 is 2.65 bits per heavy atom. The van der Waals surface area contributed by atoms with Crippen molar-refractivity contribution in [1.29, 1.82) is 0 Å². The fourth-order valence-corrected chi connectivity index (χ4v) is 1.98. The Morgan fingerprint density at radius 2 is 2.00 bits per heavy atom. The molecule has 0 amide bonds. The normalized spacial score (nSPS) is 10.3. The third-order valence-electron chi connectivity index (χ3n) is 2.81. The monoisotopic (exact) mass is 293 g/mol. The summed E-state index contributed by atoms with van der Waals surface area (Å²) in [6.07, 6.45) is 0. The van der Waals surface area contributed by atoms with Crippen molar-refractivity contribution in [2.45, 2.75) is 6.92 Å². The van der Waals surface area contributed by atoms with Crippen LogP contribution in [0.3, 0.4) is 0 Å². The first-order valence-electron chi connectivity index (χ1n) is 5.65. The Balaban J connectivity index is 2.49. The number of carbonyl (C=O) groups excluding carboxylic acids is 1. The minimum absolute atomic E-state index is 0.0235. The maximum atomic E-state index is 13.3. The summed E-state index contributed by atoms with van der Waals surface area (Å²) in [4.78, 5) is 22.4. The molecule has 0 fully saturated rings. The molecule has 2 aromatic rings. The van der Waals surface area contributed by atoms with Crippen LogP contribution in [-0.4, -0.2) is 10.7 Å². The molecule has 4 nitrogen and oxygen atoms in total. The van der Waals surface area contributed by atoms with E-state index in [1.54, 1.807) is 0 Å². The smallest absolute Gasteiger partial charge is 0.270 e. The van der Waals surface area contributed by atoms with E-state index in [1.165, 1.54) is 31.2 Å². The molecule has 20 heavy (non-hydrogen) atoms. The molecular formula is C14H9ClFNO3. The predicted molar refractivity (Wildman–Crippen MR) is 72.7 cm³/mol. The van der Waals surface area contributed by atoms with E-state index in [9.17, 15) is 19.3 Å². The van der Waals surface area contributed by atoms with Crippen molar-refractivity contribution < 1.29 is 14.1 Å². The van der Waals surface area contributed by atoms with Gasteiger partial charge in [-0.05, 0) is 24.6 Å². The molecule has 0 aliphatic carbocycles. The number of nitro groups is 1. The molecule has 0 N–H and O–H groups in total. The maximum absolute atomic E-state index is 13.3. The van der Waals surface area contributed by atoms with E-state index in [2.05, 4.69) is 0 Å². The molecule has 2 aromatic carbocycles. The number of hydrogen-bond donors (Lipinski definition) is 0. The first-order chi connectivity index (χ1) is 9.40. The summed E-state index contributed by atoms with van der Waals surface area (Å²) in [7, 11) is 0. The molecule has 6 heteroatoms. The van der Waals surface area contributed by atoms with Crippen molar-refractivity contribution in [2.24, 2.45) is 0 Å². The average molecular weight is 294 g/mol. The number of nitro benzene ring substituents is 1. The van der Waals surface area contributed by atoms with Gasteiger partial charge in [0.05, 0.1) is 9.95 Å². The van der Waals surface area contributed by atoms with E-state index in [0.29, 0.717) is 0 Å². The number of hydrogen-bond acceptors (Lipinski definition) is 3. The summed E-state index contributed by atoms with van der Waals surface area (Å²) in [5, 5.41) is 10.7. The third kappa shape index (κ3) is 2.67. The quantitative estimate of drug-likeness (QED) is 0.489. The molecule has 0 atom stereocenters. The summed E-state index contributed by atoms with van der Waals surface area (Å²) in [6.45, 7) is 1.51. The summed E-state index contributed by atoms with van der Waals surface area (Å²) in [6, 6.07) is 7.70. The molecule has 0 aliphatic rings. The van der Waals surface area contributed by atoms with Gasteiger partial charge in [0.1, 0.15) is 5.82 Å². The van der Waals surface area contributed by atoms with E-state index in [0.717, 1.165) is 12.1 Å². The van der Waals surface area contributed by atoms with Gasteiger partial charge < -0.3 is 0 Å². The van der Waals surface area contributed by atoms with Crippen LogP contribution >= 0.6 is 11.6 Å². The summed E-state index contributed by atoms with van der Waals surface area (Å²) in [5.41, 5.74) is 0.340. The molecule has 2 rings (SSSR count). The van der Waals surface area contributed by atoms with Crippen molar-refractivity contribution in [3.63, 3.8) is 0 Å². The Kier molecular flexibility index (Phi) is 3.81. The van der Waals surface area contributed by atoms with Crippen LogP contribution in [0.25, 0.3) is 0 Å². The lowest BCUT2D eigenvalue weighted by Gasteiger charge is -2.06.